The van der Waals surface area contributed by atoms with Crippen molar-refractivity contribution in [2.24, 2.45) is 5.73 Å². The fourth-order valence-electron chi connectivity index (χ4n) is 4.80. The number of benzene rings is 4. The molecule has 0 spiro atoms. The Kier molecular flexibility index (Phi) is 7.23. The van der Waals surface area contributed by atoms with E-state index in [2.05, 4.69) is 9.47 Å². The molecule has 0 bridgehead atoms. The van der Waals surface area contributed by atoms with Crippen molar-refractivity contribution in [3.05, 3.63) is 107 Å². The maximum absolute atomic E-state index is 13.8. The first-order chi connectivity index (χ1) is 19.1. The van der Waals surface area contributed by atoms with E-state index in [9.17, 15) is 23.5 Å². The number of hydrogen-bond donors (Lipinski definition) is 2. The molecule has 9 heteroatoms. The molecule has 0 aromatic heterocycles. The van der Waals surface area contributed by atoms with Crippen molar-refractivity contribution in [1.29, 1.82) is 0 Å². The molecule has 0 radical (unpaired) electrons. The lowest BCUT2D eigenvalue weighted by Gasteiger charge is -2.17. The number of primary amides is 1. The highest BCUT2D eigenvalue weighted by molar-refractivity contribution is 6.09. The van der Waals surface area contributed by atoms with Gasteiger partial charge < -0.3 is 25.1 Å². The third-order valence-electron chi connectivity index (χ3n) is 6.62. The summed E-state index contributed by atoms with van der Waals surface area (Å²) >= 11 is 0. The van der Waals surface area contributed by atoms with E-state index in [0.29, 0.717) is 36.3 Å². The van der Waals surface area contributed by atoms with Crippen molar-refractivity contribution < 1.29 is 37.7 Å². The smallest absolute Gasteiger partial charge is 0.478 e. The van der Waals surface area contributed by atoms with Gasteiger partial charge in [-0.3, -0.25) is 4.79 Å². The van der Waals surface area contributed by atoms with Crippen molar-refractivity contribution in [2.75, 3.05) is 6.61 Å². The summed E-state index contributed by atoms with van der Waals surface area (Å²) in [5.74, 6) is -3.22. The Bertz CT molecular complexity index is 1590. The van der Waals surface area contributed by atoms with E-state index in [-0.39, 0.29) is 22.4 Å². The Labute approximate surface area is 228 Å². The Balaban J connectivity index is 1.47. The highest BCUT2D eigenvalue weighted by Gasteiger charge is 2.46. The molecule has 1 aliphatic rings. The number of aromatic carboxylic acids is 1. The number of ether oxygens (including phenoxy) is 3. The number of aryl methyl sites for hydroxylation is 1. The molecule has 1 aliphatic heterocycles. The van der Waals surface area contributed by atoms with Crippen LogP contribution in [0.3, 0.4) is 0 Å². The number of carbonyl (C=O) groups excluding carboxylic acids is 1. The largest absolute Gasteiger partial charge is 0.586 e. The molecular formula is C31H25F2NO6. The molecule has 7 nitrogen and oxygen atoms in total. The summed E-state index contributed by atoms with van der Waals surface area (Å²) in [6.07, 6.45) is -3.31. The molecule has 3 N–H and O–H groups in total. The first-order valence-electron chi connectivity index (χ1n) is 12.5. The zero-order valence-electron chi connectivity index (χ0n) is 21.4. The first-order valence-corrected chi connectivity index (χ1v) is 12.5. The number of nitrogens with two attached hydrogens (primary N) is 1. The third kappa shape index (κ3) is 5.37. The standard InChI is InChI=1S/C31H25F2NO6/c1-18-7-12-22(23-13-14-24-28(27(23)29(34)35)40-31(32,33)39-24)26(30(36)37)25(18)21-10-8-19(9-11-21)15-16-38-17-20-5-3-2-4-6-20/h2-14H,15-17H2,1H3,(H2,34,35)(H,36,37). The number of carbonyl (C=O) groups is 2. The Morgan fingerprint density at radius 1 is 0.875 bits per heavy atom. The second-order valence-electron chi connectivity index (χ2n) is 9.32. The van der Waals surface area contributed by atoms with Crippen LogP contribution in [0, 0.1) is 6.92 Å². The van der Waals surface area contributed by atoms with Crippen LogP contribution >= 0.6 is 0 Å². The zero-order valence-corrected chi connectivity index (χ0v) is 21.4. The summed E-state index contributed by atoms with van der Waals surface area (Å²) in [5, 5.41) is 10.3. The SMILES string of the molecule is Cc1ccc(-c2ccc3c(c2C(N)=O)OC(F)(F)O3)c(C(=O)O)c1-c1ccc(CCOCc2ccccc2)cc1. The van der Waals surface area contributed by atoms with Crippen LogP contribution in [0.4, 0.5) is 8.78 Å². The van der Waals surface area contributed by atoms with E-state index >= 15 is 0 Å². The first kappa shape index (κ1) is 26.8. The minimum atomic E-state index is -3.98. The molecule has 0 fully saturated rings. The Morgan fingerprint density at radius 2 is 1.55 bits per heavy atom. The van der Waals surface area contributed by atoms with Crippen LogP contribution in [-0.2, 0) is 17.8 Å². The summed E-state index contributed by atoms with van der Waals surface area (Å²) in [6, 6.07) is 23.0. The van der Waals surface area contributed by atoms with Crippen molar-refractivity contribution >= 4 is 11.9 Å². The molecule has 4 aromatic rings. The molecular weight excluding hydrogens is 520 g/mol. The summed E-state index contributed by atoms with van der Waals surface area (Å²) in [5.41, 5.74) is 9.05. The van der Waals surface area contributed by atoms with Crippen LogP contribution in [0.25, 0.3) is 22.3 Å². The highest BCUT2D eigenvalue weighted by atomic mass is 19.3. The van der Waals surface area contributed by atoms with Gasteiger partial charge in [-0.05, 0) is 64.4 Å². The molecule has 1 heterocycles. The molecule has 5 rings (SSSR count). The highest BCUT2D eigenvalue weighted by Crippen LogP contribution is 2.47. The van der Waals surface area contributed by atoms with Crippen molar-refractivity contribution in [3.8, 4) is 33.8 Å². The molecule has 0 unspecified atom stereocenters. The maximum Gasteiger partial charge on any atom is 0.586 e. The van der Waals surface area contributed by atoms with Crippen LogP contribution in [-0.4, -0.2) is 29.9 Å². The average Bonchev–Trinajstić information content (AvgIpc) is 3.25. The minimum absolute atomic E-state index is 0.0402. The van der Waals surface area contributed by atoms with Crippen LogP contribution in [0.15, 0.2) is 78.9 Å². The molecule has 0 aliphatic carbocycles. The fourth-order valence-corrected chi connectivity index (χ4v) is 4.80. The lowest BCUT2D eigenvalue weighted by molar-refractivity contribution is -0.286. The average molecular weight is 546 g/mol. The van der Waals surface area contributed by atoms with E-state index in [1.54, 1.807) is 13.0 Å². The van der Waals surface area contributed by atoms with E-state index in [1.165, 1.54) is 18.2 Å². The topological polar surface area (TPSA) is 108 Å². The van der Waals surface area contributed by atoms with Gasteiger partial charge in [0.25, 0.3) is 5.91 Å². The van der Waals surface area contributed by atoms with Crippen LogP contribution < -0.4 is 15.2 Å². The van der Waals surface area contributed by atoms with Gasteiger partial charge in [-0.25, -0.2) is 4.79 Å². The van der Waals surface area contributed by atoms with E-state index in [1.807, 2.05) is 54.6 Å². The second kappa shape index (κ2) is 10.8. The molecule has 0 atom stereocenters. The second-order valence-corrected chi connectivity index (χ2v) is 9.32. The summed E-state index contributed by atoms with van der Waals surface area (Å²) < 4.78 is 42.3. The van der Waals surface area contributed by atoms with Crippen molar-refractivity contribution in [1.82, 2.24) is 0 Å². The van der Waals surface area contributed by atoms with Gasteiger partial charge in [0.1, 0.15) is 0 Å². The van der Waals surface area contributed by atoms with E-state index < -0.39 is 29.5 Å². The van der Waals surface area contributed by atoms with E-state index in [0.717, 1.165) is 11.1 Å². The molecule has 204 valence electrons. The van der Waals surface area contributed by atoms with Crippen molar-refractivity contribution in [2.45, 2.75) is 26.2 Å². The number of carboxylic acids is 1. The number of carboxylic acid groups (broad SMARTS) is 1. The summed E-state index contributed by atoms with van der Waals surface area (Å²) in [6.45, 7) is 2.80. The number of hydrogen-bond acceptors (Lipinski definition) is 5. The molecule has 0 saturated carbocycles. The van der Waals surface area contributed by atoms with Gasteiger partial charge >= 0.3 is 12.3 Å². The predicted octanol–water partition coefficient (Wildman–Crippen LogP) is 6.21. The Morgan fingerprint density at radius 3 is 2.23 bits per heavy atom. The van der Waals surface area contributed by atoms with Gasteiger partial charge in [-0.15, -0.1) is 8.78 Å². The molecule has 0 saturated heterocycles. The number of amides is 1. The van der Waals surface area contributed by atoms with Gasteiger partial charge in [0, 0.05) is 0 Å². The minimum Gasteiger partial charge on any atom is -0.478 e. The van der Waals surface area contributed by atoms with Gasteiger partial charge in [-0.2, -0.15) is 0 Å². The third-order valence-corrected chi connectivity index (χ3v) is 6.62. The summed E-state index contributed by atoms with van der Waals surface area (Å²) in [7, 11) is 0. The van der Waals surface area contributed by atoms with Crippen molar-refractivity contribution in [3.63, 3.8) is 0 Å². The maximum atomic E-state index is 13.8. The zero-order chi connectivity index (χ0) is 28.4. The fraction of sp³-hybridized carbons (Fsp3) is 0.161. The quantitative estimate of drug-likeness (QED) is 0.242. The number of fused-ring (bicyclic) bond motifs is 1. The Hall–Kier alpha value is -4.76. The normalized spacial score (nSPS) is 13.3. The molecule has 40 heavy (non-hydrogen) atoms. The lowest BCUT2D eigenvalue weighted by Crippen LogP contribution is -2.26. The van der Waals surface area contributed by atoms with Gasteiger partial charge in [0.15, 0.2) is 11.5 Å². The number of rotatable bonds is 9. The predicted molar refractivity (Wildman–Crippen MR) is 144 cm³/mol. The van der Waals surface area contributed by atoms with Gasteiger partial charge in [0.05, 0.1) is 24.3 Å². The number of alkyl halides is 2. The van der Waals surface area contributed by atoms with Crippen LogP contribution in [0.1, 0.15) is 37.4 Å². The monoisotopic (exact) mass is 545 g/mol. The van der Waals surface area contributed by atoms with E-state index in [4.69, 9.17) is 10.5 Å². The lowest BCUT2D eigenvalue weighted by atomic mass is 9.86. The molecule has 1 amide bonds. The number of halogens is 2. The summed E-state index contributed by atoms with van der Waals surface area (Å²) in [4.78, 5) is 25.0. The van der Waals surface area contributed by atoms with Crippen LogP contribution in [0.5, 0.6) is 11.5 Å². The van der Waals surface area contributed by atoms with Gasteiger partial charge in [-0.1, -0.05) is 66.7 Å². The molecule has 4 aromatic carbocycles. The van der Waals surface area contributed by atoms with Crippen LogP contribution in [0.2, 0.25) is 0 Å². The van der Waals surface area contributed by atoms with Gasteiger partial charge in [0.2, 0.25) is 0 Å².